The van der Waals surface area contributed by atoms with Crippen molar-refractivity contribution in [3.05, 3.63) is 35.4 Å². The first kappa shape index (κ1) is 15.0. The summed E-state index contributed by atoms with van der Waals surface area (Å²) in [6, 6.07) is 7.73. The Kier molecular flexibility index (Phi) is 5.56. The van der Waals surface area contributed by atoms with Crippen LogP contribution in [-0.4, -0.2) is 25.3 Å². The van der Waals surface area contributed by atoms with E-state index in [1.807, 2.05) is 24.3 Å². The molecule has 1 aliphatic carbocycles. The average molecular weight is 277 g/mol. The molecule has 0 amide bonds. The van der Waals surface area contributed by atoms with Crippen molar-refractivity contribution in [1.82, 2.24) is 0 Å². The van der Waals surface area contributed by atoms with Gasteiger partial charge in [0, 0.05) is 20.1 Å². The lowest BCUT2D eigenvalue weighted by Gasteiger charge is -2.28. The Morgan fingerprint density at radius 3 is 2.65 bits per heavy atom. The fraction of sp³-hybridized carbons (Fsp3) is 0.562. The number of carbonyl (C=O) groups excluding carboxylic acids is 1. The third kappa shape index (κ3) is 4.05. The number of methoxy groups -OCH3 is 1. The minimum atomic E-state index is -0.173. The summed E-state index contributed by atoms with van der Waals surface area (Å²) in [5.74, 6) is -0.173. The first-order valence-electron chi connectivity index (χ1n) is 7.22. The van der Waals surface area contributed by atoms with Gasteiger partial charge in [0.05, 0.1) is 12.5 Å². The summed E-state index contributed by atoms with van der Waals surface area (Å²) < 4.78 is 10.9. The van der Waals surface area contributed by atoms with E-state index in [1.165, 1.54) is 0 Å². The van der Waals surface area contributed by atoms with Crippen LogP contribution in [-0.2, 0) is 27.2 Å². The monoisotopic (exact) mass is 277 g/mol. The molecule has 1 saturated carbocycles. The van der Waals surface area contributed by atoms with E-state index in [2.05, 4.69) is 0 Å². The smallest absolute Gasteiger partial charge is 0.310 e. The Labute approximate surface area is 120 Å². The molecule has 110 valence electrons. The number of ether oxygens (including phenoxy) is 2. The maximum atomic E-state index is 12.0. The molecule has 0 spiro atoms. The largest absolute Gasteiger partial charge is 0.462 e. The summed E-state index contributed by atoms with van der Waals surface area (Å²) in [7, 11) is 1.71. The molecule has 0 bridgehead atoms. The van der Waals surface area contributed by atoms with Gasteiger partial charge in [-0.25, -0.2) is 0 Å². The molecule has 2 atom stereocenters. The summed E-state index contributed by atoms with van der Waals surface area (Å²) in [5, 5.41) is 0. The second-order valence-corrected chi connectivity index (χ2v) is 5.29. The van der Waals surface area contributed by atoms with Gasteiger partial charge in [-0.15, -0.1) is 0 Å². The molecule has 4 nitrogen and oxygen atoms in total. The minimum Gasteiger partial charge on any atom is -0.462 e. The predicted molar refractivity (Wildman–Crippen MR) is 77.2 cm³/mol. The van der Waals surface area contributed by atoms with Crippen molar-refractivity contribution in [2.24, 2.45) is 5.73 Å². The van der Waals surface area contributed by atoms with E-state index in [1.54, 1.807) is 7.11 Å². The van der Waals surface area contributed by atoms with Crippen LogP contribution in [0.2, 0.25) is 0 Å². The number of hydrogen-bond donors (Lipinski definition) is 1. The Bertz CT molecular complexity index is 447. The molecule has 2 rings (SSSR count). The number of esters is 1. The zero-order valence-electron chi connectivity index (χ0n) is 12.0. The normalized spacial score (nSPS) is 22.5. The van der Waals surface area contributed by atoms with Crippen LogP contribution < -0.4 is 5.73 Å². The molecular weight excluding hydrogens is 254 g/mol. The highest BCUT2D eigenvalue weighted by Crippen LogP contribution is 2.23. The summed E-state index contributed by atoms with van der Waals surface area (Å²) in [6.07, 6.45) is 4.35. The molecule has 2 N–H and O–H groups in total. The van der Waals surface area contributed by atoms with Gasteiger partial charge in [-0.2, -0.15) is 0 Å². The Hall–Kier alpha value is -1.39. The molecule has 0 aliphatic heterocycles. The summed E-state index contributed by atoms with van der Waals surface area (Å²) in [6.45, 7) is 0.443. The van der Waals surface area contributed by atoms with Crippen LogP contribution >= 0.6 is 0 Å². The number of nitrogens with two attached hydrogens (primary N) is 1. The van der Waals surface area contributed by atoms with Crippen molar-refractivity contribution in [3.8, 4) is 0 Å². The molecule has 20 heavy (non-hydrogen) atoms. The highest BCUT2D eigenvalue weighted by atomic mass is 16.5. The first-order chi connectivity index (χ1) is 9.72. The van der Waals surface area contributed by atoms with Crippen molar-refractivity contribution < 1.29 is 14.3 Å². The summed E-state index contributed by atoms with van der Waals surface area (Å²) >= 11 is 0. The van der Waals surface area contributed by atoms with Crippen LogP contribution in [0.25, 0.3) is 0 Å². The Balaban J connectivity index is 1.89. The van der Waals surface area contributed by atoms with E-state index in [0.29, 0.717) is 13.0 Å². The maximum Gasteiger partial charge on any atom is 0.310 e. The highest BCUT2D eigenvalue weighted by Gasteiger charge is 2.24. The zero-order chi connectivity index (χ0) is 14.4. The number of hydrogen-bond acceptors (Lipinski definition) is 4. The highest BCUT2D eigenvalue weighted by molar-refractivity contribution is 5.73. The Morgan fingerprint density at radius 1 is 1.25 bits per heavy atom. The van der Waals surface area contributed by atoms with E-state index >= 15 is 0 Å². The van der Waals surface area contributed by atoms with E-state index in [4.69, 9.17) is 15.2 Å². The second kappa shape index (κ2) is 7.41. The van der Waals surface area contributed by atoms with Crippen LogP contribution in [0.15, 0.2) is 24.3 Å². The van der Waals surface area contributed by atoms with Gasteiger partial charge in [0.2, 0.25) is 0 Å². The van der Waals surface area contributed by atoms with Crippen molar-refractivity contribution in [2.75, 3.05) is 7.11 Å². The minimum absolute atomic E-state index is 0.00811. The summed E-state index contributed by atoms with van der Waals surface area (Å²) in [5.41, 5.74) is 7.64. The Morgan fingerprint density at radius 2 is 1.95 bits per heavy atom. The molecule has 1 aromatic rings. The number of carbonyl (C=O) groups is 1. The molecular formula is C16H23NO3. The standard InChI is InChI=1S/C16H23NO3/c1-19-14-7-4-8-15(10-14)20-16(18)9-12-5-2-3-6-13(12)11-17/h2-3,5-6,14-15H,4,7-11,17H2,1H3. The zero-order valence-corrected chi connectivity index (χ0v) is 12.0. The lowest BCUT2D eigenvalue weighted by Crippen LogP contribution is -2.30. The quantitative estimate of drug-likeness (QED) is 0.838. The van der Waals surface area contributed by atoms with E-state index in [-0.39, 0.29) is 18.2 Å². The first-order valence-corrected chi connectivity index (χ1v) is 7.22. The third-order valence-electron chi connectivity index (χ3n) is 3.88. The average Bonchev–Trinajstić information content (AvgIpc) is 2.48. The third-order valence-corrected chi connectivity index (χ3v) is 3.88. The van der Waals surface area contributed by atoms with Gasteiger partial charge < -0.3 is 15.2 Å². The van der Waals surface area contributed by atoms with E-state index in [0.717, 1.165) is 36.8 Å². The van der Waals surface area contributed by atoms with Gasteiger partial charge in [-0.1, -0.05) is 24.3 Å². The fourth-order valence-electron chi connectivity index (χ4n) is 2.74. The lowest BCUT2D eigenvalue weighted by atomic mass is 9.95. The van der Waals surface area contributed by atoms with Crippen molar-refractivity contribution in [2.45, 2.75) is 50.9 Å². The van der Waals surface area contributed by atoms with Crippen molar-refractivity contribution >= 4 is 5.97 Å². The lowest BCUT2D eigenvalue weighted by molar-refractivity contribution is -0.151. The maximum absolute atomic E-state index is 12.0. The van der Waals surface area contributed by atoms with Crippen molar-refractivity contribution in [3.63, 3.8) is 0 Å². The molecule has 0 radical (unpaired) electrons. The molecule has 4 heteroatoms. The van der Waals surface area contributed by atoms with Crippen LogP contribution in [0.5, 0.6) is 0 Å². The van der Waals surface area contributed by atoms with E-state index < -0.39 is 0 Å². The van der Waals surface area contributed by atoms with Gasteiger partial charge in [0.1, 0.15) is 6.10 Å². The fourth-order valence-corrected chi connectivity index (χ4v) is 2.74. The molecule has 0 aromatic heterocycles. The molecule has 1 fully saturated rings. The molecule has 0 heterocycles. The topological polar surface area (TPSA) is 61.5 Å². The van der Waals surface area contributed by atoms with Crippen LogP contribution in [0.4, 0.5) is 0 Å². The van der Waals surface area contributed by atoms with Crippen LogP contribution in [0.1, 0.15) is 36.8 Å². The SMILES string of the molecule is COC1CCCC(OC(=O)Cc2ccccc2CN)C1. The second-order valence-electron chi connectivity index (χ2n) is 5.29. The van der Waals surface area contributed by atoms with Crippen molar-refractivity contribution in [1.29, 1.82) is 0 Å². The molecule has 1 aromatic carbocycles. The number of rotatable bonds is 5. The van der Waals surface area contributed by atoms with E-state index in [9.17, 15) is 4.79 Å². The molecule has 0 saturated heterocycles. The predicted octanol–water partition coefficient (Wildman–Crippen LogP) is 2.19. The van der Waals surface area contributed by atoms with Gasteiger partial charge in [0.25, 0.3) is 0 Å². The van der Waals surface area contributed by atoms with Crippen LogP contribution in [0.3, 0.4) is 0 Å². The van der Waals surface area contributed by atoms with Gasteiger partial charge in [-0.05, 0) is 30.4 Å². The summed E-state index contributed by atoms with van der Waals surface area (Å²) in [4.78, 5) is 12.0. The van der Waals surface area contributed by atoms with Gasteiger partial charge in [0.15, 0.2) is 0 Å². The van der Waals surface area contributed by atoms with Gasteiger partial charge in [-0.3, -0.25) is 4.79 Å². The molecule has 2 unspecified atom stereocenters. The number of benzene rings is 1. The van der Waals surface area contributed by atoms with Crippen LogP contribution in [0, 0.1) is 0 Å². The molecule has 1 aliphatic rings. The van der Waals surface area contributed by atoms with Gasteiger partial charge >= 0.3 is 5.97 Å².